The molecule has 1 N–H and O–H groups in total. The van der Waals surface area contributed by atoms with Crippen molar-refractivity contribution in [2.75, 3.05) is 6.61 Å². The van der Waals surface area contributed by atoms with Crippen LogP contribution in [0.3, 0.4) is 0 Å². The number of allylic oxidation sites excluding steroid dienone is 3. The zero-order valence-electron chi connectivity index (χ0n) is 12.1. The minimum atomic E-state index is 0.226. The maximum Gasteiger partial charge on any atom is 0.0794 e. The number of rotatable bonds is 11. The van der Waals surface area contributed by atoms with Gasteiger partial charge in [-0.1, -0.05) is 50.5 Å². The van der Waals surface area contributed by atoms with Crippen LogP contribution in [0.2, 0.25) is 0 Å². The molecule has 0 bridgehead atoms. The van der Waals surface area contributed by atoms with Crippen molar-refractivity contribution in [3.63, 3.8) is 0 Å². The van der Waals surface area contributed by atoms with E-state index in [4.69, 9.17) is 9.63 Å². The van der Waals surface area contributed by atoms with Crippen molar-refractivity contribution in [1.82, 2.24) is 0 Å². The van der Waals surface area contributed by atoms with Crippen LogP contribution in [-0.2, 0) is 4.52 Å². The van der Waals surface area contributed by atoms with Crippen LogP contribution in [0, 0.1) is 11.8 Å². The summed E-state index contributed by atoms with van der Waals surface area (Å²) < 4.78 is 5.35. The zero-order chi connectivity index (χ0) is 13.9. The average Bonchev–Trinajstić information content (AvgIpc) is 3.15. The van der Waals surface area contributed by atoms with Crippen LogP contribution in [0.1, 0.15) is 51.9 Å². The highest BCUT2D eigenvalue weighted by Gasteiger charge is 2.34. The monoisotopic (exact) mass is 284 g/mol. The lowest BCUT2D eigenvalue weighted by Crippen LogP contribution is -2.02. The van der Waals surface area contributed by atoms with Crippen LogP contribution in [-0.4, -0.2) is 17.8 Å². The molecular weight excluding hydrogens is 255 g/mol. The maximum absolute atomic E-state index is 8.84. The normalized spacial score (nSPS) is 24.4. The molecule has 1 aliphatic carbocycles. The Bertz CT molecular complexity index is 276. The first-order valence-corrected chi connectivity index (χ1v) is 8.08. The van der Waals surface area contributed by atoms with Gasteiger partial charge in [-0.3, -0.25) is 0 Å². The van der Waals surface area contributed by atoms with Crippen molar-refractivity contribution in [3.8, 4) is 0 Å². The van der Waals surface area contributed by atoms with Gasteiger partial charge in [0.25, 0.3) is 0 Å². The molecule has 110 valence electrons. The number of aliphatic hydroxyl groups is 1. The lowest BCUT2D eigenvalue weighted by atomic mass is 10.1. The summed E-state index contributed by atoms with van der Waals surface area (Å²) in [6.07, 6.45) is 17.1. The first-order chi connectivity index (χ1) is 9.31. The molecule has 0 radical (unpaired) electrons. The molecule has 0 heterocycles. The van der Waals surface area contributed by atoms with E-state index in [1.807, 2.05) is 0 Å². The predicted molar refractivity (Wildman–Crippen MR) is 84.9 cm³/mol. The molecule has 0 amide bonds. The van der Waals surface area contributed by atoms with Crippen LogP contribution in [0.15, 0.2) is 24.3 Å². The first-order valence-electron chi connectivity index (χ1n) is 7.61. The van der Waals surface area contributed by atoms with E-state index in [0.717, 1.165) is 31.1 Å². The van der Waals surface area contributed by atoms with Crippen molar-refractivity contribution in [1.29, 1.82) is 0 Å². The Morgan fingerprint density at radius 1 is 1.32 bits per heavy atom. The Morgan fingerprint density at radius 3 is 2.84 bits per heavy atom. The molecule has 0 aromatic carbocycles. The van der Waals surface area contributed by atoms with Crippen LogP contribution < -0.4 is 0 Å². The fourth-order valence-electron chi connectivity index (χ4n) is 2.44. The molecular formula is C16H29O2P. The third-order valence-electron chi connectivity index (χ3n) is 3.85. The zero-order valence-corrected chi connectivity index (χ0v) is 13.3. The molecule has 1 saturated carbocycles. The number of hydrogen-bond acceptors (Lipinski definition) is 2. The summed E-state index contributed by atoms with van der Waals surface area (Å²) in [6, 6.07) is 0. The van der Waals surface area contributed by atoms with E-state index >= 15 is 0 Å². The third kappa shape index (κ3) is 7.87. The Morgan fingerprint density at radius 2 is 2.16 bits per heavy atom. The minimum absolute atomic E-state index is 0.226. The third-order valence-corrected chi connectivity index (χ3v) is 4.20. The smallest absolute Gasteiger partial charge is 0.0794 e. The van der Waals surface area contributed by atoms with Gasteiger partial charge >= 0.3 is 0 Å². The summed E-state index contributed by atoms with van der Waals surface area (Å²) in [7, 11) is 2.37. The van der Waals surface area contributed by atoms with Gasteiger partial charge in [-0.25, -0.2) is 0 Å². The highest BCUT2D eigenvalue weighted by atomic mass is 31.0. The number of hydrogen-bond donors (Lipinski definition) is 1. The van der Waals surface area contributed by atoms with E-state index in [9.17, 15) is 0 Å². The second-order valence-electron chi connectivity index (χ2n) is 5.49. The molecule has 3 heteroatoms. The molecule has 0 aliphatic heterocycles. The van der Waals surface area contributed by atoms with Crippen LogP contribution in [0.5, 0.6) is 0 Å². The fourth-order valence-corrected chi connectivity index (χ4v) is 2.67. The lowest BCUT2D eigenvalue weighted by molar-refractivity contribution is 0.274. The van der Waals surface area contributed by atoms with Gasteiger partial charge in [0.1, 0.15) is 0 Å². The van der Waals surface area contributed by atoms with Gasteiger partial charge in [-0.2, -0.15) is 0 Å². The topological polar surface area (TPSA) is 29.5 Å². The van der Waals surface area contributed by atoms with E-state index in [2.05, 4.69) is 40.7 Å². The highest BCUT2D eigenvalue weighted by molar-refractivity contribution is 7.09. The van der Waals surface area contributed by atoms with Gasteiger partial charge in [0.05, 0.1) is 6.10 Å². The molecule has 2 unspecified atom stereocenters. The average molecular weight is 284 g/mol. The summed E-state index contributed by atoms with van der Waals surface area (Å²) in [5.74, 6) is 1.59. The van der Waals surface area contributed by atoms with E-state index in [-0.39, 0.29) is 6.10 Å². The molecule has 1 rings (SSSR count). The van der Waals surface area contributed by atoms with Crippen LogP contribution in [0.4, 0.5) is 0 Å². The Balaban J connectivity index is 2.10. The molecule has 2 nitrogen and oxygen atoms in total. The predicted octanol–water partition coefficient (Wildman–Crippen LogP) is 4.26. The summed E-state index contributed by atoms with van der Waals surface area (Å²) in [5.41, 5.74) is 0. The number of aliphatic hydroxyl groups excluding tert-OH is 1. The van der Waals surface area contributed by atoms with Crippen LogP contribution in [0.25, 0.3) is 0 Å². The van der Waals surface area contributed by atoms with Crippen molar-refractivity contribution in [3.05, 3.63) is 24.3 Å². The van der Waals surface area contributed by atoms with Crippen LogP contribution >= 0.6 is 9.47 Å². The summed E-state index contributed by atoms with van der Waals surface area (Å²) in [6.45, 7) is 2.56. The van der Waals surface area contributed by atoms with Gasteiger partial charge in [-0.15, -0.1) is 0 Å². The highest BCUT2D eigenvalue weighted by Crippen LogP contribution is 2.43. The van der Waals surface area contributed by atoms with Gasteiger partial charge in [-0.05, 0) is 37.5 Å². The van der Waals surface area contributed by atoms with E-state index < -0.39 is 0 Å². The molecule has 0 spiro atoms. The van der Waals surface area contributed by atoms with Crippen molar-refractivity contribution in [2.24, 2.45) is 11.8 Å². The van der Waals surface area contributed by atoms with Gasteiger partial charge in [0, 0.05) is 16.1 Å². The second kappa shape index (κ2) is 10.6. The van der Waals surface area contributed by atoms with Gasteiger partial charge in [0.2, 0.25) is 0 Å². The van der Waals surface area contributed by atoms with E-state index in [1.54, 1.807) is 0 Å². The number of unbranched alkanes of at least 4 members (excludes halogenated alkanes) is 2. The summed E-state index contributed by atoms with van der Waals surface area (Å²) in [5, 5.41) is 8.84. The fraction of sp³-hybridized carbons (Fsp3) is 0.750. The molecule has 0 aromatic rings. The second-order valence-corrected chi connectivity index (χ2v) is 5.76. The van der Waals surface area contributed by atoms with Crippen molar-refractivity contribution in [2.45, 2.75) is 58.0 Å². The van der Waals surface area contributed by atoms with E-state index in [0.29, 0.717) is 6.61 Å². The molecule has 0 aromatic heterocycles. The Labute approximate surface area is 120 Å². The maximum atomic E-state index is 8.84. The molecule has 19 heavy (non-hydrogen) atoms. The van der Waals surface area contributed by atoms with Crippen molar-refractivity contribution >= 4 is 9.47 Å². The van der Waals surface area contributed by atoms with Gasteiger partial charge in [0.15, 0.2) is 0 Å². The standard InChI is InChI=1S/C16H29O2P/c1-2-3-5-9-16(18-19)10-7-4-6-8-14-13-15(14)11-12-17/h4,6-7,10,14-17H,2-3,5,8-9,11-13,19H2,1H3/b6-4-,10-7+/t14-,15-,16?/m1/s1. The van der Waals surface area contributed by atoms with Crippen molar-refractivity contribution < 1.29 is 9.63 Å². The molecule has 0 saturated heterocycles. The quantitative estimate of drug-likeness (QED) is 0.349. The van der Waals surface area contributed by atoms with E-state index in [1.165, 1.54) is 25.7 Å². The minimum Gasteiger partial charge on any atom is -0.396 e. The summed E-state index contributed by atoms with van der Waals surface area (Å²) >= 11 is 0. The Hall–Kier alpha value is -0.170. The lowest BCUT2D eigenvalue weighted by Gasteiger charge is -2.09. The first kappa shape index (κ1) is 16.9. The SMILES string of the molecule is CCCCCC(/C=C/C=C\C[C@@H]1C[C@H]1CCO)OP. The Kier molecular flexibility index (Phi) is 9.42. The largest absolute Gasteiger partial charge is 0.396 e. The summed E-state index contributed by atoms with van der Waals surface area (Å²) in [4.78, 5) is 0. The molecule has 4 atom stereocenters. The molecule has 1 fully saturated rings. The molecule has 1 aliphatic rings. The van der Waals surface area contributed by atoms with Gasteiger partial charge < -0.3 is 9.63 Å².